The van der Waals surface area contributed by atoms with Crippen molar-refractivity contribution in [3.05, 3.63) is 12.2 Å². The second-order valence-corrected chi connectivity index (χ2v) is 4.83. The molecule has 13 heavy (non-hydrogen) atoms. The summed E-state index contributed by atoms with van der Waals surface area (Å²) in [6.07, 6.45) is 11.3. The lowest BCUT2D eigenvalue weighted by Crippen LogP contribution is -2.26. The molecule has 76 valence electrons. The summed E-state index contributed by atoms with van der Waals surface area (Å²) in [6, 6.07) is 0. The zero-order chi connectivity index (χ0) is 9.73. The fourth-order valence-electron chi connectivity index (χ4n) is 1.68. The molecular weight excluding hydrogens is 160 g/mol. The third-order valence-electron chi connectivity index (χ3n) is 2.22. The molecule has 1 nitrogen and oxygen atoms in total. The van der Waals surface area contributed by atoms with E-state index < -0.39 is 0 Å². The normalized spacial score (nSPS) is 25.3. The molecule has 0 radical (unpaired) electrons. The first-order valence-electron chi connectivity index (χ1n) is 5.42. The molecular formula is C12H22O. The van der Waals surface area contributed by atoms with E-state index in [0.29, 0.717) is 6.10 Å². The minimum Gasteiger partial charge on any atom is -0.369 e. The summed E-state index contributed by atoms with van der Waals surface area (Å²) >= 11 is 0. The van der Waals surface area contributed by atoms with Gasteiger partial charge in [0.15, 0.2) is 0 Å². The molecule has 0 bridgehead atoms. The van der Waals surface area contributed by atoms with Gasteiger partial charge in [-0.15, -0.1) is 0 Å². The Morgan fingerprint density at radius 2 is 1.92 bits per heavy atom. The van der Waals surface area contributed by atoms with Gasteiger partial charge in [-0.1, -0.05) is 25.0 Å². The Morgan fingerprint density at radius 1 is 1.15 bits per heavy atom. The highest BCUT2D eigenvalue weighted by atomic mass is 16.5. The number of hydrogen-bond donors (Lipinski definition) is 0. The largest absolute Gasteiger partial charge is 0.369 e. The first-order valence-corrected chi connectivity index (χ1v) is 5.42. The Balaban J connectivity index is 2.42. The predicted octanol–water partition coefficient (Wildman–Crippen LogP) is 3.69. The third kappa shape index (κ3) is 5.09. The molecule has 0 saturated heterocycles. The highest BCUT2D eigenvalue weighted by Crippen LogP contribution is 2.19. The number of ether oxygens (including phenoxy) is 1. The second-order valence-electron chi connectivity index (χ2n) is 4.83. The molecule has 0 aromatic heterocycles. The predicted molar refractivity (Wildman–Crippen MR) is 56.9 cm³/mol. The Morgan fingerprint density at radius 3 is 2.62 bits per heavy atom. The Hall–Kier alpha value is -0.300. The fraction of sp³-hybridized carbons (Fsp3) is 0.833. The Kier molecular flexibility index (Phi) is 3.98. The maximum Gasteiger partial charge on any atom is 0.0762 e. The van der Waals surface area contributed by atoms with Gasteiger partial charge in [-0.25, -0.2) is 0 Å². The molecule has 1 atom stereocenters. The lowest BCUT2D eigenvalue weighted by Gasteiger charge is -2.26. The molecule has 0 heterocycles. The molecule has 0 fully saturated rings. The van der Waals surface area contributed by atoms with Crippen LogP contribution in [0.5, 0.6) is 0 Å². The molecule has 0 saturated carbocycles. The average Bonchev–Trinajstić information content (AvgIpc) is 1.92. The van der Waals surface area contributed by atoms with Crippen LogP contribution in [0.15, 0.2) is 12.2 Å². The van der Waals surface area contributed by atoms with E-state index in [0.717, 1.165) is 0 Å². The van der Waals surface area contributed by atoms with Crippen molar-refractivity contribution in [1.29, 1.82) is 0 Å². The second kappa shape index (κ2) is 4.80. The van der Waals surface area contributed by atoms with Gasteiger partial charge in [0.25, 0.3) is 0 Å². The summed E-state index contributed by atoms with van der Waals surface area (Å²) in [4.78, 5) is 0. The summed E-state index contributed by atoms with van der Waals surface area (Å²) in [5, 5.41) is 0. The summed E-state index contributed by atoms with van der Waals surface area (Å²) in [6.45, 7) is 6.37. The van der Waals surface area contributed by atoms with Crippen LogP contribution in [0.4, 0.5) is 0 Å². The molecule has 1 aliphatic carbocycles. The van der Waals surface area contributed by atoms with Gasteiger partial charge in [0.2, 0.25) is 0 Å². The molecule has 0 N–H and O–H groups in total. The minimum absolute atomic E-state index is 0.00575. The van der Waals surface area contributed by atoms with Gasteiger partial charge in [-0.3, -0.25) is 0 Å². The fourth-order valence-corrected chi connectivity index (χ4v) is 1.68. The molecule has 1 aliphatic rings. The highest BCUT2D eigenvalue weighted by Gasteiger charge is 2.16. The smallest absolute Gasteiger partial charge is 0.0762 e. The monoisotopic (exact) mass is 182 g/mol. The van der Waals surface area contributed by atoms with Crippen molar-refractivity contribution in [2.45, 2.75) is 64.6 Å². The van der Waals surface area contributed by atoms with Gasteiger partial charge < -0.3 is 4.74 Å². The minimum atomic E-state index is -0.00575. The zero-order valence-electron chi connectivity index (χ0n) is 9.18. The van der Waals surface area contributed by atoms with Crippen LogP contribution in [-0.2, 0) is 4.74 Å². The van der Waals surface area contributed by atoms with E-state index in [1.165, 1.54) is 32.1 Å². The first kappa shape index (κ1) is 10.8. The number of rotatable bonds is 1. The SMILES string of the molecule is CC(C)(C)OC1C=CCCCCC1. The van der Waals surface area contributed by atoms with Crippen LogP contribution in [0.25, 0.3) is 0 Å². The summed E-state index contributed by atoms with van der Waals surface area (Å²) in [7, 11) is 0. The van der Waals surface area contributed by atoms with E-state index in [4.69, 9.17) is 4.74 Å². The van der Waals surface area contributed by atoms with Gasteiger partial charge in [0.1, 0.15) is 0 Å². The van der Waals surface area contributed by atoms with E-state index in [-0.39, 0.29) is 5.60 Å². The van der Waals surface area contributed by atoms with Crippen LogP contribution in [0.3, 0.4) is 0 Å². The topological polar surface area (TPSA) is 9.23 Å². The molecule has 0 aliphatic heterocycles. The molecule has 0 spiro atoms. The Labute approximate surface area is 82.2 Å². The van der Waals surface area contributed by atoms with E-state index >= 15 is 0 Å². The van der Waals surface area contributed by atoms with Gasteiger partial charge >= 0.3 is 0 Å². The maximum atomic E-state index is 5.93. The first-order chi connectivity index (χ1) is 6.08. The van der Waals surface area contributed by atoms with Crippen molar-refractivity contribution >= 4 is 0 Å². The van der Waals surface area contributed by atoms with Crippen molar-refractivity contribution in [1.82, 2.24) is 0 Å². The maximum absolute atomic E-state index is 5.93. The standard InChI is InChI=1S/C12H22O/c1-12(2,3)13-11-9-7-5-4-6-8-10-11/h7,9,11H,4-6,8,10H2,1-3H3. The van der Waals surface area contributed by atoms with Crippen LogP contribution in [-0.4, -0.2) is 11.7 Å². The summed E-state index contributed by atoms with van der Waals surface area (Å²) < 4.78 is 5.93. The van der Waals surface area contributed by atoms with E-state index in [2.05, 4.69) is 32.9 Å². The summed E-state index contributed by atoms with van der Waals surface area (Å²) in [5.74, 6) is 0. The Bertz CT molecular complexity index is 164. The van der Waals surface area contributed by atoms with E-state index in [9.17, 15) is 0 Å². The molecule has 0 amide bonds. The van der Waals surface area contributed by atoms with Gasteiger partial charge in [-0.2, -0.15) is 0 Å². The average molecular weight is 182 g/mol. The molecule has 1 heteroatoms. The van der Waals surface area contributed by atoms with Crippen LogP contribution >= 0.6 is 0 Å². The molecule has 0 aromatic carbocycles. The van der Waals surface area contributed by atoms with Crippen molar-refractivity contribution in [2.75, 3.05) is 0 Å². The zero-order valence-corrected chi connectivity index (χ0v) is 9.18. The van der Waals surface area contributed by atoms with Crippen molar-refractivity contribution in [3.63, 3.8) is 0 Å². The van der Waals surface area contributed by atoms with Crippen LogP contribution in [0.2, 0.25) is 0 Å². The van der Waals surface area contributed by atoms with Crippen molar-refractivity contribution < 1.29 is 4.74 Å². The quantitative estimate of drug-likeness (QED) is 0.562. The van der Waals surface area contributed by atoms with E-state index in [1.54, 1.807) is 0 Å². The van der Waals surface area contributed by atoms with Crippen LogP contribution in [0, 0.1) is 0 Å². The number of allylic oxidation sites excluding steroid dienone is 1. The third-order valence-corrected chi connectivity index (χ3v) is 2.22. The molecule has 1 unspecified atom stereocenters. The van der Waals surface area contributed by atoms with Crippen LogP contribution < -0.4 is 0 Å². The number of hydrogen-bond acceptors (Lipinski definition) is 1. The molecule has 1 rings (SSSR count). The lowest BCUT2D eigenvalue weighted by atomic mass is 10.0. The van der Waals surface area contributed by atoms with E-state index in [1.807, 2.05) is 0 Å². The summed E-state index contributed by atoms with van der Waals surface area (Å²) in [5.41, 5.74) is -0.00575. The van der Waals surface area contributed by atoms with Crippen LogP contribution in [0.1, 0.15) is 52.9 Å². The van der Waals surface area contributed by atoms with Gasteiger partial charge in [0, 0.05) is 0 Å². The molecule has 0 aromatic rings. The van der Waals surface area contributed by atoms with Crippen molar-refractivity contribution in [3.8, 4) is 0 Å². The lowest BCUT2D eigenvalue weighted by molar-refractivity contribution is -0.0421. The van der Waals surface area contributed by atoms with Gasteiger partial charge in [-0.05, 0) is 40.0 Å². The highest BCUT2D eigenvalue weighted by molar-refractivity contribution is 4.92. The van der Waals surface area contributed by atoms with Gasteiger partial charge in [0.05, 0.1) is 11.7 Å². The van der Waals surface area contributed by atoms with Crippen molar-refractivity contribution in [2.24, 2.45) is 0 Å².